The van der Waals surface area contributed by atoms with Crippen LogP contribution < -0.4 is 15.5 Å². The van der Waals surface area contributed by atoms with Crippen LogP contribution in [0.4, 0.5) is 23.7 Å². The third-order valence-electron chi connectivity index (χ3n) is 5.82. The standard InChI is InChI=1S/C19H19F3N4O5S.ClH/c20-19(21,22)13-7-11(26-5-6-31-17(26)28)1-2-15(13)32(29,30)12-8-14(24-9-12)16(27)25-18(10-23)3-4-18;/h1-2,7,12,14,24H,3-6,8-9H2,(H,25,27);1H/t12-,14+;/m1./s1. The maximum atomic E-state index is 13.8. The molecule has 0 bridgehead atoms. The van der Waals surface area contributed by atoms with E-state index in [9.17, 15) is 31.2 Å². The molecule has 0 aromatic heterocycles. The van der Waals surface area contributed by atoms with Crippen molar-refractivity contribution in [2.75, 3.05) is 24.6 Å². The lowest BCUT2D eigenvalue weighted by atomic mass is 10.2. The Balaban J connectivity index is 0.00000306. The Bertz CT molecular complexity index is 1120. The summed E-state index contributed by atoms with van der Waals surface area (Å²) in [6.45, 7) is -0.141. The van der Waals surface area contributed by atoms with E-state index in [-0.39, 0.29) is 44.2 Å². The second kappa shape index (κ2) is 8.66. The summed E-state index contributed by atoms with van der Waals surface area (Å²) in [6, 6.07) is 3.64. The maximum absolute atomic E-state index is 13.8. The minimum Gasteiger partial charge on any atom is -0.447 e. The molecule has 1 aliphatic carbocycles. The molecule has 14 heteroatoms. The van der Waals surface area contributed by atoms with Gasteiger partial charge in [-0.25, -0.2) is 13.2 Å². The fraction of sp³-hybridized carbons (Fsp3) is 0.526. The first-order valence-electron chi connectivity index (χ1n) is 9.83. The van der Waals surface area contributed by atoms with Gasteiger partial charge in [-0.05, 0) is 37.5 Å². The lowest BCUT2D eigenvalue weighted by Gasteiger charge is -2.20. The van der Waals surface area contributed by atoms with Crippen LogP contribution in [0.3, 0.4) is 0 Å². The fourth-order valence-electron chi connectivity index (χ4n) is 3.82. The third-order valence-corrected chi connectivity index (χ3v) is 8.03. The van der Waals surface area contributed by atoms with Crippen LogP contribution in [-0.2, 0) is 25.5 Å². The van der Waals surface area contributed by atoms with E-state index in [1.54, 1.807) is 0 Å². The summed E-state index contributed by atoms with van der Waals surface area (Å²) in [4.78, 5) is 24.1. The van der Waals surface area contributed by atoms with Gasteiger partial charge in [0, 0.05) is 12.2 Å². The number of ether oxygens (including phenoxy) is 1. The van der Waals surface area contributed by atoms with Gasteiger partial charge in [-0.15, -0.1) is 12.4 Å². The maximum Gasteiger partial charge on any atom is 0.417 e. The summed E-state index contributed by atoms with van der Waals surface area (Å²) in [7, 11) is -4.47. The summed E-state index contributed by atoms with van der Waals surface area (Å²) < 4.78 is 72.2. The van der Waals surface area contributed by atoms with E-state index in [1.807, 2.05) is 6.07 Å². The SMILES string of the molecule is Cl.N#CC1(NC(=O)[C@@H]2C[C@@H](S(=O)(=O)c3ccc(N4CCOC4=O)cc3C(F)(F)F)CN2)CC1. The van der Waals surface area contributed by atoms with E-state index in [0.29, 0.717) is 18.9 Å². The highest BCUT2D eigenvalue weighted by molar-refractivity contribution is 7.92. The second-order valence-corrected chi connectivity index (χ2v) is 10.2. The summed E-state index contributed by atoms with van der Waals surface area (Å²) in [5, 5.41) is 13.1. The topological polar surface area (TPSA) is 129 Å². The molecule has 2 aliphatic heterocycles. The van der Waals surface area contributed by atoms with Gasteiger partial charge in [0.25, 0.3) is 0 Å². The molecule has 3 fully saturated rings. The summed E-state index contributed by atoms with van der Waals surface area (Å²) in [6.07, 6.45) is -5.04. The van der Waals surface area contributed by atoms with Crippen LogP contribution in [0.2, 0.25) is 0 Å². The molecular formula is C19H20ClF3N4O5S. The smallest absolute Gasteiger partial charge is 0.417 e. The molecule has 2 heterocycles. The van der Waals surface area contributed by atoms with Crippen molar-refractivity contribution in [3.05, 3.63) is 23.8 Å². The van der Waals surface area contributed by atoms with Crippen molar-refractivity contribution in [2.24, 2.45) is 0 Å². The van der Waals surface area contributed by atoms with Gasteiger partial charge < -0.3 is 15.4 Å². The predicted octanol–water partition coefficient (Wildman–Crippen LogP) is 1.76. The number of sulfone groups is 1. The highest BCUT2D eigenvalue weighted by Crippen LogP contribution is 2.39. The van der Waals surface area contributed by atoms with Crippen molar-refractivity contribution >= 4 is 39.9 Å². The predicted molar refractivity (Wildman–Crippen MR) is 110 cm³/mol. The molecule has 2 N–H and O–H groups in total. The molecule has 1 saturated carbocycles. The average Bonchev–Trinajstić information content (AvgIpc) is 3.13. The molecular weight excluding hydrogens is 489 g/mol. The molecule has 180 valence electrons. The van der Waals surface area contributed by atoms with E-state index < -0.39 is 55.3 Å². The number of benzene rings is 1. The number of hydrogen-bond donors (Lipinski definition) is 2. The minimum absolute atomic E-state index is 0. The normalized spacial score (nSPS) is 23.9. The van der Waals surface area contributed by atoms with Crippen LogP contribution in [0.1, 0.15) is 24.8 Å². The molecule has 0 radical (unpaired) electrons. The zero-order valence-corrected chi connectivity index (χ0v) is 18.6. The van der Waals surface area contributed by atoms with Crippen molar-refractivity contribution in [2.45, 2.75) is 47.2 Å². The number of halogens is 4. The van der Waals surface area contributed by atoms with Gasteiger partial charge >= 0.3 is 12.3 Å². The highest BCUT2D eigenvalue weighted by Gasteiger charge is 2.48. The van der Waals surface area contributed by atoms with Crippen LogP contribution in [0.15, 0.2) is 23.1 Å². The first-order chi connectivity index (χ1) is 15.0. The Labute approximate surface area is 193 Å². The summed E-state index contributed by atoms with van der Waals surface area (Å²) >= 11 is 0. The second-order valence-electron chi connectivity index (χ2n) is 7.99. The monoisotopic (exact) mass is 508 g/mol. The van der Waals surface area contributed by atoms with Gasteiger partial charge in [0.2, 0.25) is 5.91 Å². The molecule has 1 aromatic carbocycles. The number of nitrogens with one attached hydrogen (secondary N) is 2. The Kier molecular flexibility index (Phi) is 6.58. The molecule has 0 spiro atoms. The number of carbonyl (C=O) groups is 2. The van der Waals surface area contributed by atoms with Crippen molar-refractivity contribution in [1.82, 2.24) is 10.6 Å². The number of nitrogens with zero attached hydrogens (tertiary/aromatic N) is 2. The van der Waals surface area contributed by atoms with Crippen molar-refractivity contribution in [1.29, 1.82) is 5.26 Å². The molecule has 0 unspecified atom stereocenters. The average molecular weight is 509 g/mol. The molecule has 1 aromatic rings. The fourth-order valence-corrected chi connectivity index (χ4v) is 5.67. The van der Waals surface area contributed by atoms with E-state index in [1.165, 1.54) is 0 Å². The van der Waals surface area contributed by atoms with E-state index in [4.69, 9.17) is 10.00 Å². The number of nitriles is 1. The van der Waals surface area contributed by atoms with E-state index in [0.717, 1.165) is 17.0 Å². The first kappa shape index (κ1) is 25.1. The Morgan fingerprint density at radius 2 is 2.03 bits per heavy atom. The van der Waals surface area contributed by atoms with E-state index in [2.05, 4.69) is 10.6 Å². The van der Waals surface area contributed by atoms with Crippen molar-refractivity contribution in [3.63, 3.8) is 0 Å². The number of carbonyl (C=O) groups excluding carboxylic acids is 2. The van der Waals surface area contributed by atoms with Crippen LogP contribution in [0, 0.1) is 11.3 Å². The largest absolute Gasteiger partial charge is 0.447 e. The lowest BCUT2D eigenvalue weighted by molar-refractivity contribution is -0.139. The van der Waals surface area contributed by atoms with Gasteiger partial charge in [-0.2, -0.15) is 18.4 Å². The van der Waals surface area contributed by atoms with Gasteiger partial charge in [0.15, 0.2) is 9.84 Å². The number of anilines is 1. The van der Waals surface area contributed by atoms with Crippen LogP contribution in [0.25, 0.3) is 0 Å². The van der Waals surface area contributed by atoms with Gasteiger partial charge in [0.1, 0.15) is 12.1 Å². The molecule has 2 amide bonds. The van der Waals surface area contributed by atoms with Crippen LogP contribution in [0.5, 0.6) is 0 Å². The van der Waals surface area contributed by atoms with Gasteiger partial charge in [-0.1, -0.05) is 0 Å². The van der Waals surface area contributed by atoms with Crippen LogP contribution >= 0.6 is 12.4 Å². The molecule has 33 heavy (non-hydrogen) atoms. The highest BCUT2D eigenvalue weighted by atomic mass is 35.5. The lowest BCUT2D eigenvalue weighted by Crippen LogP contribution is -2.45. The third kappa shape index (κ3) is 4.73. The zero-order chi connectivity index (χ0) is 23.3. The summed E-state index contributed by atoms with van der Waals surface area (Å²) in [5.74, 6) is -0.555. The van der Waals surface area contributed by atoms with Crippen LogP contribution in [-0.4, -0.2) is 56.9 Å². The number of cyclic esters (lactones) is 1. The molecule has 2 saturated heterocycles. The van der Waals surface area contributed by atoms with Gasteiger partial charge in [-0.3, -0.25) is 9.69 Å². The van der Waals surface area contributed by atoms with Gasteiger partial charge in [0.05, 0.1) is 34.4 Å². The minimum atomic E-state index is -4.99. The molecule has 3 aliphatic rings. The zero-order valence-electron chi connectivity index (χ0n) is 17.0. The Hall–Kier alpha value is -2.56. The quantitative estimate of drug-likeness (QED) is 0.620. The molecule has 4 rings (SSSR count). The summed E-state index contributed by atoms with van der Waals surface area (Å²) in [5.41, 5.74) is -2.44. The number of hydrogen-bond acceptors (Lipinski definition) is 7. The molecule has 9 nitrogen and oxygen atoms in total. The Morgan fingerprint density at radius 3 is 2.58 bits per heavy atom. The molecule has 2 atom stereocenters. The number of alkyl halides is 3. The first-order valence-corrected chi connectivity index (χ1v) is 11.4. The van der Waals surface area contributed by atoms with Crippen molar-refractivity contribution in [3.8, 4) is 6.07 Å². The van der Waals surface area contributed by atoms with Crippen molar-refractivity contribution < 1.29 is 35.9 Å². The number of amides is 2. The number of rotatable bonds is 5. The Morgan fingerprint density at radius 1 is 1.33 bits per heavy atom. The van der Waals surface area contributed by atoms with E-state index >= 15 is 0 Å².